The van der Waals surface area contributed by atoms with Gasteiger partial charge in [-0.2, -0.15) is 0 Å². The van der Waals surface area contributed by atoms with E-state index >= 15 is 0 Å². The maximum Gasteiger partial charge on any atom is 0.290 e. The molecule has 0 bridgehead atoms. The highest BCUT2D eigenvalue weighted by molar-refractivity contribution is 5.93. The van der Waals surface area contributed by atoms with E-state index in [9.17, 15) is 14.4 Å². The lowest BCUT2D eigenvalue weighted by atomic mass is 10.0. The molecule has 0 saturated carbocycles. The molecule has 0 aromatic heterocycles. The summed E-state index contributed by atoms with van der Waals surface area (Å²) in [5, 5.41) is 15.1. The highest BCUT2D eigenvalue weighted by Gasteiger charge is 2.28. The molecule has 1 aromatic carbocycles. The first kappa shape index (κ1) is 25.9. The van der Waals surface area contributed by atoms with Crippen LogP contribution in [0.5, 0.6) is 0 Å². The van der Waals surface area contributed by atoms with Gasteiger partial charge in [-0.05, 0) is 38.9 Å². The lowest BCUT2D eigenvalue weighted by molar-refractivity contribution is -0.133. The summed E-state index contributed by atoms with van der Waals surface area (Å²) in [5.74, 6) is -1.19. The Labute approximate surface area is 170 Å². The Morgan fingerprint density at radius 2 is 1.45 bits per heavy atom. The number of anilines is 1. The number of rotatable bonds is 9. The van der Waals surface area contributed by atoms with E-state index in [1.165, 1.54) is 0 Å². The van der Waals surface area contributed by atoms with E-state index in [1.807, 2.05) is 32.0 Å². The molecular weight excluding hydrogens is 378 g/mol. The molecule has 0 radical (unpaired) electrons. The van der Waals surface area contributed by atoms with Crippen molar-refractivity contribution in [2.45, 2.75) is 45.8 Å². The molecule has 0 aliphatic heterocycles. The second-order valence-electron chi connectivity index (χ2n) is 6.56. The van der Waals surface area contributed by atoms with E-state index in [0.29, 0.717) is 0 Å². The second kappa shape index (κ2) is 13.9. The van der Waals surface area contributed by atoms with Crippen molar-refractivity contribution in [3.63, 3.8) is 0 Å². The number of likely N-dealkylation sites (N-methyl/N-ethyl adjacent to an activating group) is 1. The molecule has 3 atom stereocenters. The minimum atomic E-state index is -0.765. The van der Waals surface area contributed by atoms with Gasteiger partial charge in [0.25, 0.3) is 12.4 Å². The highest BCUT2D eigenvalue weighted by Crippen LogP contribution is 2.04. The normalized spacial score (nSPS) is 13.0. The Kier molecular flexibility index (Phi) is 12.4. The first-order valence-electron chi connectivity index (χ1n) is 9.14. The fourth-order valence-electron chi connectivity index (χ4n) is 2.08. The van der Waals surface area contributed by atoms with Crippen LogP contribution in [0.3, 0.4) is 0 Å². The first-order chi connectivity index (χ1) is 13.7. The van der Waals surface area contributed by atoms with E-state index in [1.54, 1.807) is 33.0 Å². The van der Waals surface area contributed by atoms with Crippen LogP contribution in [-0.2, 0) is 19.2 Å². The minimum absolute atomic E-state index is 0.124. The standard InChI is InChI=1S/C18H29N5O3.CH2O2/c1-11(2)15(21-16(24)12(3)19-5)18(26)20-13(4)17(25)23-22-14-9-7-6-8-10-14;2-1-3/h6-13,15,19,22H,1-5H3,(H,20,26)(H,21,24)(H,23,25);1H,(H,2,3)/t12-,13-,15-;/m0./s1. The number of hydrogen-bond acceptors (Lipinski definition) is 6. The molecule has 10 nitrogen and oxygen atoms in total. The lowest BCUT2D eigenvalue weighted by Gasteiger charge is -2.25. The van der Waals surface area contributed by atoms with Gasteiger partial charge >= 0.3 is 0 Å². The minimum Gasteiger partial charge on any atom is -0.483 e. The third-order valence-electron chi connectivity index (χ3n) is 3.93. The Morgan fingerprint density at radius 1 is 0.897 bits per heavy atom. The highest BCUT2D eigenvalue weighted by atomic mass is 16.3. The Bertz CT molecular complexity index is 654. The average Bonchev–Trinajstić information content (AvgIpc) is 2.70. The zero-order valence-corrected chi connectivity index (χ0v) is 17.4. The van der Waals surface area contributed by atoms with Gasteiger partial charge in [0.1, 0.15) is 12.1 Å². The summed E-state index contributed by atoms with van der Waals surface area (Å²) in [6.07, 6.45) is 0. The second-order valence-corrected chi connectivity index (χ2v) is 6.56. The van der Waals surface area contributed by atoms with Crippen molar-refractivity contribution >= 4 is 29.9 Å². The van der Waals surface area contributed by atoms with E-state index in [4.69, 9.17) is 9.90 Å². The molecular formula is C19H31N5O5. The molecule has 162 valence electrons. The molecule has 0 spiro atoms. The first-order valence-corrected chi connectivity index (χ1v) is 9.14. The number of carbonyl (C=O) groups excluding carboxylic acids is 3. The largest absolute Gasteiger partial charge is 0.483 e. The smallest absolute Gasteiger partial charge is 0.290 e. The number of hydrogen-bond donors (Lipinski definition) is 6. The number of carboxylic acid groups (broad SMARTS) is 1. The molecule has 0 aliphatic carbocycles. The fraction of sp³-hybridized carbons (Fsp3) is 0.474. The zero-order valence-electron chi connectivity index (χ0n) is 17.4. The molecule has 0 unspecified atom stereocenters. The van der Waals surface area contributed by atoms with E-state index in [2.05, 4.69) is 26.8 Å². The van der Waals surface area contributed by atoms with Crippen molar-refractivity contribution in [1.82, 2.24) is 21.4 Å². The number of nitrogens with one attached hydrogen (secondary N) is 5. The van der Waals surface area contributed by atoms with Crippen molar-refractivity contribution in [3.05, 3.63) is 30.3 Å². The van der Waals surface area contributed by atoms with E-state index in [0.717, 1.165) is 5.69 Å². The van der Waals surface area contributed by atoms with Gasteiger partial charge in [0, 0.05) is 0 Å². The van der Waals surface area contributed by atoms with Gasteiger partial charge in [0.2, 0.25) is 11.8 Å². The van der Waals surface area contributed by atoms with Crippen molar-refractivity contribution in [1.29, 1.82) is 0 Å². The maximum atomic E-state index is 12.5. The van der Waals surface area contributed by atoms with Crippen LogP contribution in [-0.4, -0.2) is 54.5 Å². The van der Waals surface area contributed by atoms with Crippen molar-refractivity contribution in [3.8, 4) is 0 Å². The third-order valence-corrected chi connectivity index (χ3v) is 3.93. The van der Waals surface area contributed by atoms with Gasteiger partial charge in [-0.1, -0.05) is 32.0 Å². The van der Waals surface area contributed by atoms with Crippen LogP contribution in [0.15, 0.2) is 30.3 Å². The Balaban J connectivity index is 0.00000245. The summed E-state index contributed by atoms with van der Waals surface area (Å²) in [6.45, 7) is 6.69. The van der Waals surface area contributed by atoms with Crippen LogP contribution in [0.4, 0.5) is 5.69 Å². The average molecular weight is 409 g/mol. The number of carbonyl (C=O) groups is 4. The molecule has 0 aliphatic rings. The van der Waals surface area contributed by atoms with E-state index in [-0.39, 0.29) is 24.2 Å². The predicted octanol–water partition coefficient (Wildman–Crippen LogP) is 0.0839. The topological polar surface area (TPSA) is 149 Å². The van der Waals surface area contributed by atoms with Crippen molar-refractivity contribution in [2.75, 3.05) is 12.5 Å². The summed E-state index contributed by atoms with van der Waals surface area (Å²) in [6, 6.07) is 7.23. The molecule has 1 rings (SSSR count). The summed E-state index contributed by atoms with van der Waals surface area (Å²) >= 11 is 0. The fourth-order valence-corrected chi connectivity index (χ4v) is 2.08. The monoisotopic (exact) mass is 409 g/mol. The van der Waals surface area contributed by atoms with Gasteiger partial charge in [0.05, 0.1) is 11.7 Å². The van der Waals surface area contributed by atoms with Gasteiger partial charge < -0.3 is 21.1 Å². The predicted molar refractivity (Wildman–Crippen MR) is 110 cm³/mol. The van der Waals surface area contributed by atoms with E-state index < -0.39 is 24.0 Å². The van der Waals surface area contributed by atoms with Crippen molar-refractivity contribution in [2.24, 2.45) is 5.92 Å². The zero-order chi connectivity index (χ0) is 22.4. The molecule has 29 heavy (non-hydrogen) atoms. The quantitative estimate of drug-likeness (QED) is 0.250. The maximum absolute atomic E-state index is 12.5. The molecule has 0 saturated heterocycles. The van der Waals surface area contributed by atoms with Crippen LogP contribution < -0.4 is 26.8 Å². The molecule has 0 heterocycles. The molecule has 6 N–H and O–H groups in total. The lowest BCUT2D eigenvalue weighted by Crippen LogP contribution is -2.57. The van der Waals surface area contributed by atoms with Crippen LogP contribution in [0.1, 0.15) is 27.7 Å². The number of amides is 3. The van der Waals surface area contributed by atoms with Gasteiger partial charge in [-0.3, -0.25) is 30.0 Å². The number of para-hydroxylation sites is 1. The Hall–Kier alpha value is -3.14. The van der Waals surface area contributed by atoms with Crippen LogP contribution in [0, 0.1) is 5.92 Å². The molecule has 0 fully saturated rings. The van der Waals surface area contributed by atoms with Gasteiger partial charge in [0.15, 0.2) is 0 Å². The summed E-state index contributed by atoms with van der Waals surface area (Å²) in [7, 11) is 1.67. The van der Waals surface area contributed by atoms with Crippen LogP contribution in [0.2, 0.25) is 0 Å². The summed E-state index contributed by atoms with van der Waals surface area (Å²) in [4.78, 5) is 45.0. The van der Waals surface area contributed by atoms with Crippen LogP contribution in [0.25, 0.3) is 0 Å². The summed E-state index contributed by atoms with van der Waals surface area (Å²) < 4.78 is 0. The molecule has 1 aromatic rings. The van der Waals surface area contributed by atoms with Gasteiger partial charge in [-0.15, -0.1) is 0 Å². The third kappa shape index (κ3) is 10.1. The van der Waals surface area contributed by atoms with Crippen molar-refractivity contribution < 1.29 is 24.3 Å². The van der Waals surface area contributed by atoms with Gasteiger partial charge in [-0.25, -0.2) is 0 Å². The Morgan fingerprint density at radius 3 is 1.93 bits per heavy atom. The molecule has 10 heteroatoms. The SMILES string of the molecule is CN[C@@H](C)C(=O)N[C@H](C(=O)N[C@@H](C)C(=O)NNc1ccccc1)C(C)C.O=CO. The molecule has 3 amide bonds. The number of hydrazine groups is 1. The summed E-state index contributed by atoms with van der Waals surface area (Å²) in [5.41, 5.74) is 6.05. The van der Waals surface area contributed by atoms with Crippen LogP contribution >= 0.6 is 0 Å². The number of benzene rings is 1.